The Kier molecular flexibility index (Phi) is 4.02. The van der Waals surface area contributed by atoms with Gasteiger partial charge in [-0.25, -0.2) is 0 Å². The lowest BCUT2D eigenvalue weighted by Crippen LogP contribution is -2.24. The monoisotopic (exact) mass is 296 g/mol. The van der Waals surface area contributed by atoms with Crippen molar-refractivity contribution in [2.75, 3.05) is 0 Å². The lowest BCUT2D eigenvalue weighted by molar-refractivity contribution is -0.146. The maximum Gasteiger partial charge on any atom is 0.389 e. The minimum absolute atomic E-state index is 0.335. The molecule has 1 unspecified atom stereocenters. The van der Waals surface area contributed by atoms with Crippen LogP contribution in [0.3, 0.4) is 0 Å². The largest absolute Gasteiger partial charge is 0.389 e. The van der Waals surface area contributed by atoms with Crippen molar-refractivity contribution in [1.29, 1.82) is 0 Å². The second-order valence-corrected chi connectivity index (χ2v) is 4.81. The van der Waals surface area contributed by atoms with E-state index in [0.29, 0.717) is 5.56 Å². The van der Waals surface area contributed by atoms with Crippen LogP contribution in [0.25, 0.3) is 0 Å². The Bertz CT molecular complexity index is 343. The molecule has 0 heterocycles. The van der Waals surface area contributed by atoms with Gasteiger partial charge in [-0.05, 0) is 31.0 Å². The zero-order valence-corrected chi connectivity index (χ0v) is 10.3. The highest BCUT2D eigenvalue weighted by molar-refractivity contribution is 9.10. The summed E-state index contributed by atoms with van der Waals surface area (Å²) in [7, 11) is 0. The van der Waals surface area contributed by atoms with E-state index in [1.807, 2.05) is 0 Å². The first kappa shape index (κ1) is 13.5. The summed E-state index contributed by atoms with van der Waals surface area (Å²) in [5, 5.41) is 9.92. The molecule has 0 aromatic heterocycles. The molecule has 0 radical (unpaired) electrons. The number of aliphatic hydroxyl groups is 1. The summed E-state index contributed by atoms with van der Waals surface area (Å²) in [6, 6.07) is 6.61. The van der Waals surface area contributed by atoms with E-state index < -0.39 is 18.2 Å². The Balaban J connectivity index is 2.73. The fourth-order valence-corrected chi connectivity index (χ4v) is 1.60. The molecule has 5 heteroatoms. The van der Waals surface area contributed by atoms with Gasteiger partial charge in [-0.2, -0.15) is 13.2 Å². The second-order valence-electron chi connectivity index (χ2n) is 3.90. The van der Waals surface area contributed by atoms with Gasteiger partial charge in [0.25, 0.3) is 0 Å². The SMILES string of the molecule is CC(O)(CCC(F)(F)F)c1ccc(Br)cc1. The van der Waals surface area contributed by atoms with Gasteiger partial charge in [-0.3, -0.25) is 0 Å². The Hall–Kier alpha value is -0.550. The van der Waals surface area contributed by atoms with Crippen LogP contribution in [0.5, 0.6) is 0 Å². The average molecular weight is 297 g/mol. The maximum absolute atomic E-state index is 12.0. The number of benzene rings is 1. The standard InChI is InChI=1S/C11H12BrF3O/c1-10(16,6-7-11(13,14)15)8-2-4-9(12)5-3-8/h2-5,16H,6-7H2,1H3. The highest BCUT2D eigenvalue weighted by Gasteiger charge is 2.32. The molecule has 0 fully saturated rings. The highest BCUT2D eigenvalue weighted by Crippen LogP contribution is 2.32. The molecule has 1 aromatic carbocycles. The molecule has 1 atom stereocenters. The summed E-state index contributed by atoms with van der Waals surface area (Å²) in [6.07, 6.45) is -5.56. The van der Waals surface area contributed by atoms with Crippen LogP contribution in [-0.2, 0) is 5.60 Å². The van der Waals surface area contributed by atoms with Crippen LogP contribution in [0.1, 0.15) is 25.3 Å². The molecule has 1 N–H and O–H groups in total. The van der Waals surface area contributed by atoms with Crippen LogP contribution in [0.15, 0.2) is 28.7 Å². The van der Waals surface area contributed by atoms with Crippen LogP contribution < -0.4 is 0 Å². The second kappa shape index (κ2) is 4.75. The van der Waals surface area contributed by atoms with E-state index in [1.54, 1.807) is 24.3 Å². The topological polar surface area (TPSA) is 20.2 Å². The predicted octanol–water partition coefficient (Wildman–Crippen LogP) is 4.00. The number of halogens is 4. The molecule has 0 saturated carbocycles. The fraction of sp³-hybridized carbons (Fsp3) is 0.455. The highest BCUT2D eigenvalue weighted by atomic mass is 79.9. The first-order valence-corrected chi connectivity index (χ1v) is 5.55. The molecule has 0 amide bonds. The van der Waals surface area contributed by atoms with Gasteiger partial charge in [-0.1, -0.05) is 28.1 Å². The Morgan fingerprint density at radius 3 is 2.06 bits per heavy atom. The molecule has 0 aliphatic heterocycles. The molecule has 0 bridgehead atoms. The van der Waals surface area contributed by atoms with Crippen molar-refractivity contribution in [2.24, 2.45) is 0 Å². The number of hydrogen-bond acceptors (Lipinski definition) is 1. The molecule has 1 rings (SSSR count). The molecule has 0 saturated heterocycles. The molecule has 1 nitrogen and oxygen atoms in total. The third kappa shape index (κ3) is 4.14. The van der Waals surface area contributed by atoms with E-state index in [0.717, 1.165) is 4.47 Å². The minimum Gasteiger partial charge on any atom is -0.385 e. The van der Waals surface area contributed by atoms with Gasteiger partial charge in [0.2, 0.25) is 0 Å². The Labute approximate surface area is 100 Å². The number of alkyl halides is 3. The normalized spacial score (nSPS) is 15.9. The zero-order valence-electron chi connectivity index (χ0n) is 8.68. The first-order chi connectivity index (χ1) is 7.21. The predicted molar refractivity (Wildman–Crippen MR) is 59.0 cm³/mol. The molecule has 1 aromatic rings. The smallest absolute Gasteiger partial charge is 0.385 e. The van der Waals surface area contributed by atoms with Crippen molar-refractivity contribution in [1.82, 2.24) is 0 Å². The zero-order chi connectivity index (χ0) is 12.4. The Morgan fingerprint density at radius 1 is 1.12 bits per heavy atom. The van der Waals surface area contributed by atoms with Crippen LogP contribution >= 0.6 is 15.9 Å². The van der Waals surface area contributed by atoms with Gasteiger partial charge < -0.3 is 5.11 Å². The summed E-state index contributed by atoms with van der Waals surface area (Å²) < 4.78 is 37.0. The van der Waals surface area contributed by atoms with Crippen molar-refractivity contribution in [3.05, 3.63) is 34.3 Å². The summed E-state index contributed by atoms with van der Waals surface area (Å²) >= 11 is 3.22. The molecule has 16 heavy (non-hydrogen) atoms. The molecule has 90 valence electrons. The molecule has 0 aliphatic carbocycles. The first-order valence-electron chi connectivity index (χ1n) is 4.76. The van der Waals surface area contributed by atoms with Crippen LogP contribution in [0.2, 0.25) is 0 Å². The lowest BCUT2D eigenvalue weighted by Gasteiger charge is -2.24. The third-order valence-corrected chi connectivity index (χ3v) is 2.89. The maximum atomic E-state index is 12.0. The van der Waals surface area contributed by atoms with Crippen molar-refractivity contribution < 1.29 is 18.3 Å². The summed E-state index contributed by atoms with van der Waals surface area (Å²) in [4.78, 5) is 0. The van der Waals surface area contributed by atoms with Crippen LogP contribution in [0.4, 0.5) is 13.2 Å². The minimum atomic E-state index is -4.24. The van der Waals surface area contributed by atoms with E-state index in [2.05, 4.69) is 15.9 Å². The molecule has 0 spiro atoms. The number of rotatable bonds is 3. The summed E-state index contributed by atoms with van der Waals surface area (Å²) in [6.45, 7) is 1.39. The van der Waals surface area contributed by atoms with Crippen LogP contribution in [-0.4, -0.2) is 11.3 Å². The molecular formula is C11H12BrF3O. The number of hydrogen-bond donors (Lipinski definition) is 1. The van der Waals surface area contributed by atoms with E-state index >= 15 is 0 Å². The van der Waals surface area contributed by atoms with Crippen molar-refractivity contribution in [2.45, 2.75) is 31.5 Å². The van der Waals surface area contributed by atoms with Gasteiger partial charge in [-0.15, -0.1) is 0 Å². The molecular weight excluding hydrogens is 285 g/mol. The lowest BCUT2D eigenvalue weighted by atomic mass is 9.91. The van der Waals surface area contributed by atoms with E-state index in [4.69, 9.17) is 0 Å². The van der Waals surface area contributed by atoms with Crippen molar-refractivity contribution in [3.63, 3.8) is 0 Å². The Morgan fingerprint density at radius 2 is 1.62 bits per heavy atom. The van der Waals surface area contributed by atoms with Gasteiger partial charge >= 0.3 is 6.18 Å². The van der Waals surface area contributed by atoms with Gasteiger partial charge in [0.1, 0.15) is 0 Å². The average Bonchev–Trinajstić information content (AvgIpc) is 2.15. The van der Waals surface area contributed by atoms with Crippen LogP contribution in [0, 0.1) is 0 Å². The summed E-state index contributed by atoms with van der Waals surface area (Å²) in [5.41, 5.74) is -0.962. The van der Waals surface area contributed by atoms with E-state index in [9.17, 15) is 18.3 Å². The van der Waals surface area contributed by atoms with E-state index in [1.165, 1.54) is 6.92 Å². The van der Waals surface area contributed by atoms with Gasteiger partial charge in [0.05, 0.1) is 5.60 Å². The fourth-order valence-electron chi connectivity index (χ4n) is 1.34. The molecule has 0 aliphatic rings. The van der Waals surface area contributed by atoms with Gasteiger partial charge in [0.15, 0.2) is 0 Å². The van der Waals surface area contributed by atoms with Gasteiger partial charge in [0, 0.05) is 10.9 Å². The van der Waals surface area contributed by atoms with Crippen molar-refractivity contribution in [3.8, 4) is 0 Å². The summed E-state index contributed by atoms with van der Waals surface area (Å²) in [5.74, 6) is 0. The van der Waals surface area contributed by atoms with E-state index in [-0.39, 0.29) is 6.42 Å². The van der Waals surface area contributed by atoms with Crippen molar-refractivity contribution >= 4 is 15.9 Å². The quantitative estimate of drug-likeness (QED) is 0.894. The third-order valence-electron chi connectivity index (χ3n) is 2.36.